The quantitative estimate of drug-likeness (QED) is 0.483. The molecule has 0 aliphatic rings. The molecule has 4 rings (SSSR count). The van der Waals surface area contributed by atoms with Crippen molar-refractivity contribution in [2.75, 3.05) is 5.32 Å². The first-order chi connectivity index (χ1) is 14.9. The fraction of sp³-hybridized carbons (Fsp3) is 0.217. The lowest BCUT2D eigenvalue weighted by molar-refractivity contribution is 0.102. The Balaban J connectivity index is 1.61. The van der Waals surface area contributed by atoms with Crippen molar-refractivity contribution in [2.45, 2.75) is 26.8 Å². The zero-order valence-electron chi connectivity index (χ0n) is 17.1. The minimum Gasteiger partial charge on any atom is -0.296 e. The summed E-state index contributed by atoms with van der Waals surface area (Å²) in [7, 11) is 0. The van der Waals surface area contributed by atoms with E-state index in [4.69, 9.17) is 0 Å². The Labute approximate surface area is 182 Å². The second kappa shape index (κ2) is 8.77. The molecule has 0 unspecified atom stereocenters. The Morgan fingerprint density at radius 1 is 1.16 bits per heavy atom. The van der Waals surface area contributed by atoms with E-state index in [1.807, 2.05) is 19.9 Å². The molecule has 0 saturated heterocycles. The molecule has 0 spiro atoms. The molecule has 0 saturated carbocycles. The number of anilines is 1. The number of hydrogen-bond acceptors (Lipinski definition) is 5. The zero-order chi connectivity index (χ0) is 22.0. The van der Waals surface area contributed by atoms with Gasteiger partial charge >= 0.3 is 0 Å². The monoisotopic (exact) mass is 436 g/mol. The molecule has 0 atom stereocenters. The Morgan fingerprint density at radius 3 is 2.68 bits per heavy atom. The van der Waals surface area contributed by atoms with Gasteiger partial charge in [0.25, 0.3) is 11.5 Å². The molecule has 2 aromatic carbocycles. The number of thiazole rings is 1. The summed E-state index contributed by atoms with van der Waals surface area (Å²) in [6.45, 7) is 4.39. The maximum absolute atomic E-state index is 13.4. The number of amides is 1. The van der Waals surface area contributed by atoms with Crippen molar-refractivity contribution in [3.05, 3.63) is 87.0 Å². The highest BCUT2D eigenvalue weighted by atomic mass is 32.1. The van der Waals surface area contributed by atoms with Gasteiger partial charge in [-0.05, 0) is 29.7 Å². The number of rotatable bonds is 6. The van der Waals surface area contributed by atoms with E-state index < -0.39 is 5.91 Å². The highest BCUT2D eigenvalue weighted by molar-refractivity contribution is 7.15. The number of nitrogens with one attached hydrogen (secondary N) is 1. The van der Waals surface area contributed by atoms with Crippen LogP contribution in [-0.4, -0.2) is 20.7 Å². The SMILES string of the molecule is CC(C)Cn1nc(C(=O)Nc2ncc(Cc3cccc(F)c3)s2)c2ccccc2c1=O. The standard InChI is InChI=1S/C23H21FN4O2S/c1-14(2)13-28-22(30)19-9-4-3-8-18(19)20(27-28)21(29)26-23-25-12-17(31-23)11-15-6-5-7-16(24)10-15/h3-10,12,14H,11,13H2,1-2H3,(H,25,26,29). The molecule has 8 heteroatoms. The number of aromatic nitrogens is 3. The second-order valence-electron chi connectivity index (χ2n) is 7.67. The van der Waals surface area contributed by atoms with Gasteiger partial charge in [0.15, 0.2) is 10.8 Å². The predicted octanol–water partition coefficient (Wildman–Crippen LogP) is 4.49. The molecule has 158 valence electrons. The van der Waals surface area contributed by atoms with E-state index in [2.05, 4.69) is 15.4 Å². The van der Waals surface area contributed by atoms with E-state index in [1.54, 1.807) is 36.5 Å². The summed E-state index contributed by atoms with van der Waals surface area (Å²) in [5, 5.41) is 8.51. The van der Waals surface area contributed by atoms with E-state index in [-0.39, 0.29) is 23.0 Å². The molecule has 2 heterocycles. The maximum Gasteiger partial charge on any atom is 0.278 e. The Kier molecular flexibility index (Phi) is 5.90. The summed E-state index contributed by atoms with van der Waals surface area (Å²) in [5.74, 6) is -0.517. The molecule has 4 aromatic rings. The smallest absolute Gasteiger partial charge is 0.278 e. The number of carbonyl (C=O) groups is 1. The normalized spacial score (nSPS) is 11.2. The summed E-state index contributed by atoms with van der Waals surface area (Å²) in [6, 6.07) is 13.3. The first-order valence-corrected chi connectivity index (χ1v) is 10.7. The van der Waals surface area contributed by atoms with Crippen molar-refractivity contribution in [2.24, 2.45) is 5.92 Å². The van der Waals surface area contributed by atoms with Crippen molar-refractivity contribution < 1.29 is 9.18 Å². The van der Waals surface area contributed by atoms with Crippen LogP contribution in [0.15, 0.2) is 59.5 Å². The van der Waals surface area contributed by atoms with Crippen molar-refractivity contribution in [3.8, 4) is 0 Å². The van der Waals surface area contributed by atoms with Crippen LogP contribution in [-0.2, 0) is 13.0 Å². The van der Waals surface area contributed by atoms with Gasteiger partial charge in [-0.15, -0.1) is 11.3 Å². The van der Waals surface area contributed by atoms with Gasteiger partial charge in [0.2, 0.25) is 0 Å². The van der Waals surface area contributed by atoms with E-state index >= 15 is 0 Å². The number of hydrogen-bond donors (Lipinski definition) is 1. The third-order valence-electron chi connectivity index (χ3n) is 4.66. The van der Waals surface area contributed by atoms with Gasteiger partial charge in [0, 0.05) is 29.4 Å². The average molecular weight is 437 g/mol. The number of halogens is 1. The molecule has 1 amide bonds. The molecular formula is C23H21FN4O2S. The fourth-order valence-electron chi connectivity index (χ4n) is 3.32. The van der Waals surface area contributed by atoms with Gasteiger partial charge in [-0.25, -0.2) is 14.1 Å². The molecule has 2 aromatic heterocycles. The molecule has 0 fully saturated rings. The summed E-state index contributed by atoms with van der Waals surface area (Å²) >= 11 is 1.32. The van der Waals surface area contributed by atoms with E-state index in [0.29, 0.717) is 28.9 Å². The van der Waals surface area contributed by atoms with Crippen LogP contribution in [0.25, 0.3) is 10.8 Å². The molecule has 0 radical (unpaired) electrons. The van der Waals surface area contributed by atoms with E-state index in [0.717, 1.165) is 10.4 Å². The van der Waals surface area contributed by atoms with Crippen LogP contribution >= 0.6 is 11.3 Å². The Hall–Kier alpha value is -3.39. The second-order valence-corrected chi connectivity index (χ2v) is 8.78. The number of fused-ring (bicyclic) bond motifs is 1. The zero-order valence-corrected chi connectivity index (χ0v) is 17.9. The van der Waals surface area contributed by atoms with Crippen LogP contribution in [0.4, 0.5) is 9.52 Å². The third-order valence-corrected chi connectivity index (χ3v) is 5.58. The minimum absolute atomic E-state index is 0.178. The maximum atomic E-state index is 13.4. The largest absolute Gasteiger partial charge is 0.296 e. The lowest BCUT2D eigenvalue weighted by Gasteiger charge is -2.12. The summed E-state index contributed by atoms with van der Waals surface area (Å²) in [4.78, 5) is 30.9. The lowest BCUT2D eigenvalue weighted by Crippen LogP contribution is -2.29. The summed E-state index contributed by atoms with van der Waals surface area (Å²) in [6.07, 6.45) is 2.18. The highest BCUT2D eigenvalue weighted by Crippen LogP contribution is 2.23. The van der Waals surface area contributed by atoms with Crippen LogP contribution in [0.2, 0.25) is 0 Å². The van der Waals surface area contributed by atoms with Crippen molar-refractivity contribution >= 4 is 33.1 Å². The molecule has 0 bridgehead atoms. The van der Waals surface area contributed by atoms with Crippen molar-refractivity contribution in [1.82, 2.24) is 14.8 Å². The van der Waals surface area contributed by atoms with Crippen LogP contribution in [0.5, 0.6) is 0 Å². The molecule has 31 heavy (non-hydrogen) atoms. The average Bonchev–Trinajstić information content (AvgIpc) is 3.16. The van der Waals surface area contributed by atoms with Gasteiger partial charge in [-0.2, -0.15) is 5.10 Å². The van der Waals surface area contributed by atoms with Gasteiger partial charge in [-0.3, -0.25) is 14.9 Å². The number of nitrogens with zero attached hydrogens (tertiary/aromatic N) is 3. The molecule has 6 nitrogen and oxygen atoms in total. The fourth-order valence-corrected chi connectivity index (χ4v) is 4.17. The molecule has 1 N–H and O–H groups in total. The first kappa shape index (κ1) is 20.9. The topological polar surface area (TPSA) is 76.9 Å². The van der Waals surface area contributed by atoms with Gasteiger partial charge < -0.3 is 0 Å². The van der Waals surface area contributed by atoms with Gasteiger partial charge in [0.05, 0.1) is 5.39 Å². The van der Waals surface area contributed by atoms with E-state index in [9.17, 15) is 14.0 Å². The minimum atomic E-state index is -0.430. The van der Waals surface area contributed by atoms with Crippen LogP contribution in [0.1, 0.15) is 34.8 Å². The lowest BCUT2D eigenvalue weighted by atomic mass is 10.1. The number of benzene rings is 2. The highest BCUT2D eigenvalue weighted by Gasteiger charge is 2.18. The summed E-state index contributed by atoms with van der Waals surface area (Å²) in [5.41, 5.74) is 0.792. The van der Waals surface area contributed by atoms with E-state index in [1.165, 1.54) is 28.2 Å². The summed E-state index contributed by atoms with van der Waals surface area (Å²) < 4.78 is 14.7. The molecular weight excluding hydrogens is 415 g/mol. The number of carbonyl (C=O) groups excluding carboxylic acids is 1. The van der Waals surface area contributed by atoms with Crippen LogP contribution < -0.4 is 10.9 Å². The van der Waals surface area contributed by atoms with Crippen molar-refractivity contribution in [3.63, 3.8) is 0 Å². The Morgan fingerprint density at radius 2 is 1.94 bits per heavy atom. The van der Waals surface area contributed by atoms with Crippen LogP contribution in [0, 0.1) is 11.7 Å². The third kappa shape index (κ3) is 4.69. The van der Waals surface area contributed by atoms with Crippen LogP contribution in [0.3, 0.4) is 0 Å². The molecule has 0 aliphatic heterocycles. The predicted molar refractivity (Wildman–Crippen MR) is 120 cm³/mol. The van der Waals surface area contributed by atoms with Gasteiger partial charge in [0.1, 0.15) is 5.82 Å². The Bertz CT molecular complexity index is 1310. The van der Waals surface area contributed by atoms with Crippen molar-refractivity contribution in [1.29, 1.82) is 0 Å². The first-order valence-electron chi connectivity index (χ1n) is 9.91. The van der Waals surface area contributed by atoms with Gasteiger partial charge in [-0.1, -0.05) is 44.2 Å². The molecule has 0 aliphatic carbocycles.